The SMILES string of the molecule is CSC(=O)CCCNC(=O)CCNC(=O)[C@H](O)C(C)(C)COP(=O)(O)OP(=O)(O)OC[C@H]1O[C@@H](n2cnc3c(N)ncnc32)[C@H](O)[C@@H]1OP(=O)(O)O. The van der Waals surface area contributed by atoms with Crippen LogP contribution in [0.3, 0.4) is 0 Å². The molecular weight excluding hydrogens is 783 g/mol. The molecule has 28 heteroatoms. The number of ether oxygens (including phenoxy) is 1. The van der Waals surface area contributed by atoms with E-state index in [9.17, 15) is 57.9 Å². The van der Waals surface area contributed by atoms with E-state index < -0.39 is 84.6 Å². The van der Waals surface area contributed by atoms with Crippen molar-refractivity contribution >= 4 is 69.1 Å². The highest BCUT2D eigenvalue weighted by Gasteiger charge is 2.50. The van der Waals surface area contributed by atoms with Gasteiger partial charge in [0.15, 0.2) is 22.8 Å². The van der Waals surface area contributed by atoms with Crippen molar-refractivity contribution in [1.29, 1.82) is 0 Å². The van der Waals surface area contributed by atoms with Crippen molar-refractivity contribution in [2.24, 2.45) is 5.41 Å². The lowest BCUT2D eigenvalue weighted by Crippen LogP contribution is -2.46. The molecule has 7 atom stereocenters. The van der Waals surface area contributed by atoms with Crippen molar-refractivity contribution in [1.82, 2.24) is 30.2 Å². The average Bonchev–Trinajstić information content (AvgIpc) is 3.60. The summed E-state index contributed by atoms with van der Waals surface area (Å²) in [6.45, 7) is 0.559. The molecule has 2 aromatic heterocycles. The van der Waals surface area contributed by atoms with Crippen LogP contribution in [-0.2, 0) is 50.7 Å². The molecule has 3 rings (SSSR count). The molecule has 52 heavy (non-hydrogen) atoms. The van der Waals surface area contributed by atoms with E-state index in [1.165, 1.54) is 13.8 Å². The van der Waals surface area contributed by atoms with Crippen LogP contribution in [-0.4, -0.2) is 123 Å². The monoisotopic (exact) mass is 823 g/mol. The van der Waals surface area contributed by atoms with Crippen LogP contribution < -0.4 is 16.4 Å². The number of rotatable bonds is 20. The van der Waals surface area contributed by atoms with Crippen molar-refractivity contribution in [2.75, 3.05) is 38.3 Å². The Labute approximate surface area is 299 Å². The third-order valence-electron chi connectivity index (χ3n) is 7.19. The average molecular weight is 824 g/mol. The van der Waals surface area contributed by atoms with Gasteiger partial charge in [-0.2, -0.15) is 4.31 Å². The zero-order chi connectivity index (χ0) is 39.1. The van der Waals surface area contributed by atoms with Crippen molar-refractivity contribution in [2.45, 2.75) is 63.8 Å². The summed E-state index contributed by atoms with van der Waals surface area (Å²) >= 11 is 1.08. The second kappa shape index (κ2) is 18.3. The van der Waals surface area contributed by atoms with Gasteiger partial charge in [-0.1, -0.05) is 25.6 Å². The third kappa shape index (κ3) is 12.9. The van der Waals surface area contributed by atoms with E-state index in [-0.39, 0.29) is 48.0 Å². The summed E-state index contributed by atoms with van der Waals surface area (Å²) in [7, 11) is -16.4. The smallest absolute Gasteiger partial charge is 0.386 e. The number of aliphatic hydroxyl groups excluding tert-OH is 2. The van der Waals surface area contributed by atoms with Gasteiger partial charge in [0.1, 0.15) is 36.3 Å². The summed E-state index contributed by atoms with van der Waals surface area (Å²) in [6.07, 6.45) is -4.50. The van der Waals surface area contributed by atoms with Gasteiger partial charge >= 0.3 is 23.5 Å². The molecule has 0 bridgehead atoms. The van der Waals surface area contributed by atoms with Gasteiger partial charge in [-0.25, -0.2) is 28.6 Å². The molecule has 1 aliphatic rings. The molecule has 0 aliphatic carbocycles. The molecule has 0 aromatic carbocycles. The van der Waals surface area contributed by atoms with Gasteiger partial charge in [0.25, 0.3) is 0 Å². The minimum absolute atomic E-state index is 0.0221. The van der Waals surface area contributed by atoms with Gasteiger partial charge in [0.05, 0.1) is 19.5 Å². The minimum atomic E-state index is -5.56. The van der Waals surface area contributed by atoms with E-state index in [0.717, 1.165) is 29.0 Å². The van der Waals surface area contributed by atoms with Crippen LogP contribution in [0.1, 0.15) is 39.3 Å². The predicted octanol–water partition coefficient (Wildman–Crippen LogP) is -0.925. The second-order valence-corrected chi connectivity index (χ2v) is 16.8. The van der Waals surface area contributed by atoms with Gasteiger partial charge in [-0.3, -0.25) is 32.5 Å². The molecule has 1 aliphatic heterocycles. The van der Waals surface area contributed by atoms with Crippen molar-refractivity contribution in [3.63, 3.8) is 0 Å². The fourth-order valence-electron chi connectivity index (χ4n) is 4.50. The summed E-state index contributed by atoms with van der Waals surface area (Å²) in [5.41, 5.74) is 4.26. The van der Waals surface area contributed by atoms with Gasteiger partial charge in [-0.15, -0.1) is 0 Å². The molecule has 294 valence electrons. The number of anilines is 1. The molecule has 2 amide bonds. The number of hydrogen-bond acceptors (Lipinski definition) is 18. The molecule has 0 saturated carbocycles. The van der Waals surface area contributed by atoms with E-state index in [1.807, 2.05) is 0 Å². The van der Waals surface area contributed by atoms with Gasteiger partial charge < -0.3 is 50.9 Å². The van der Waals surface area contributed by atoms with Crippen LogP contribution in [0.15, 0.2) is 12.7 Å². The highest BCUT2D eigenvalue weighted by Crippen LogP contribution is 2.61. The Morgan fingerprint density at radius 1 is 1.06 bits per heavy atom. The summed E-state index contributed by atoms with van der Waals surface area (Å²) in [4.78, 5) is 86.4. The third-order valence-corrected chi connectivity index (χ3v) is 10.9. The number of phosphoric acid groups is 3. The quantitative estimate of drug-likeness (QED) is 0.0575. The number of nitrogens with one attached hydrogen (secondary N) is 2. The maximum absolute atomic E-state index is 12.6. The Hall–Kier alpha value is -2.44. The number of amides is 2. The lowest BCUT2D eigenvalue weighted by molar-refractivity contribution is -0.137. The fraction of sp³-hybridized carbons (Fsp3) is 0.667. The number of aliphatic hydroxyl groups is 2. The highest BCUT2D eigenvalue weighted by atomic mass is 32.2. The molecule has 24 nitrogen and oxygen atoms in total. The van der Waals surface area contributed by atoms with E-state index in [0.29, 0.717) is 6.42 Å². The summed E-state index contributed by atoms with van der Waals surface area (Å²) < 4.78 is 61.9. The molecule has 3 heterocycles. The number of nitrogens with zero attached hydrogens (tertiary/aromatic N) is 4. The fourth-order valence-corrected chi connectivity index (χ4v) is 7.68. The van der Waals surface area contributed by atoms with Crippen LogP contribution in [0, 0.1) is 5.41 Å². The zero-order valence-corrected chi connectivity index (χ0v) is 31.3. The molecule has 10 N–H and O–H groups in total. The number of nitrogen functional groups attached to an aromatic ring is 1. The topological polar surface area (TPSA) is 364 Å². The number of imidazole rings is 1. The molecule has 2 unspecified atom stereocenters. The molecule has 0 spiro atoms. The molecule has 0 radical (unpaired) electrons. The number of nitrogens with two attached hydrogens (primary N) is 1. The van der Waals surface area contributed by atoms with Crippen LogP contribution in [0.4, 0.5) is 5.82 Å². The number of fused-ring (bicyclic) bond motifs is 1. The molecular formula is C24H40N7O17P3S. The second-order valence-electron chi connectivity index (χ2n) is 11.7. The van der Waals surface area contributed by atoms with Gasteiger partial charge in [0.2, 0.25) is 11.8 Å². The Balaban J connectivity index is 1.54. The normalized spacial score (nSPS) is 22.4. The maximum atomic E-state index is 12.6. The summed E-state index contributed by atoms with van der Waals surface area (Å²) in [6, 6.07) is 0. The Kier molecular flexibility index (Phi) is 15.4. The molecule has 1 saturated heterocycles. The largest absolute Gasteiger partial charge is 0.481 e. The van der Waals surface area contributed by atoms with Crippen molar-refractivity contribution in [3.05, 3.63) is 12.7 Å². The molecule has 2 aromatic rings. The lowest BCUT2D eigenvalue weighted by atomic mass is 9.87. The minimum Gasteiger partial charge on any atom is -0.386 e. The number of aromatic nitrogens is 4. The van der Waals surface area contributed by atoms with E-state index in [4.69, 9.17) is 19.5 Å². The van der Waals surface area contributed by atoms with Crippen molar-refractivity contribution < 1.29 is 80.5 Å². The van der Waals surface area contributed by atoms with Gasteiger partial charge in [-0.05, 0) is 12.7 Å². The van der Waals surface area contributed by atoms with E-state index >= 15 is 0 Å². The first kappa shape index (κ1) is 44.0. The van der Waals surface area contributed by atoms with Crippen LogP contribution in [0.2, 0.25) is 0 Å². The molecule has 1 fully saturated rings. The van der Waals surface area contributed by atoms with E-state index in [1.54, 1.807) is 6.26 Å². The first-order valence-electron chi connectivity index (χ1n) is 15.0. The number of hydrogen-bond donors (Lipinski definition) is 9. The first-order valence-corrected chi connectivity index (χ1v) is 20.8. The van der Waals surface area contributed by atoms with Crippen LogP contribution >= 0.6 is 35.2 Å². The summed E-state index contributed by atoms with van der Waals surface area (Å²) in [5.74, 6) is -1.43. The Morgan fingerprint density at radius 2 is 1.73 bits per heavy atom. The van der Waals surface area contributed by atoms with Gasteiger partial charge in [0, 0.05) is 31.3 Å². The summed E-state index contributed by atoms with van der Waals surface area (Å²) in [5, 5.41) is 26.2. The standard InChI is InChI=1S/C24H40N7O17P3S/c1-24(2,19(35)22(36)27-8-6-14(32)26-7-4-5-15(33)52-3)10-45-51(42,43)48-50(40,41)44-9-13-18(47-49(37,38)39)17(34)23(46-13)31-12-30-16-20(25)28-11-29-21(16)31/h11-13,17-19,23,34-35H,4-10H2,1-3H3,(H,26,32)(H,27,36)(H,40,41)(H,42,43)(H2,25,28,29)(H2,37,38,39)/t13-,17-,18-,19+,23-/m1/s1. The number of thioether (sulfide) groups is 1. The Morgan fingerprint density at radius 3 is 2.38 bits per heavy atom. The predicted molar refractivity (Wildman–Crippen MR) is 177 cm³/mol. The number of carbonyl (C=O) groups is 3. The first-order chi connectivity index (χ1) is 24.1. The van der Waals surface area contributed by atoms with Crippen molar-refractivity contribution in [3.8, 4) is 0 Å². The number of phosphoric ester groups is 3. The lowest BCUT2D eigenvalue weighted by Gasteiger charge is -2.30. The van der Waals surface area contributed by atoms with E-state index in [2.05, 4.69) is 34.4 Å². The maximum Gasteiger partial charge on any atom is 0.481 e. The highest BCUT2D eigenvalue weighted by molar-refractivity contribution is 8.13. The van der Waals surface area contributed by atoms with Crippen LogP contribution in [0.25, 0.3) is 11.2 Å². The Bertz CT molecular complexity index is 1730. The zero-order valence-electron chi connectivity index (χ0n) is 27.8. The number of carbonyl (C=O) groups excluding carboxylic acids is 3. The van der Waals surface area contributed by atoms with Crippen LogP contribution in [0.5, 0.6) is 0 Å².